The van der Waals surface area contributed by atoms with Gasteiger partial charge in [0.25, 0.3) is 0 Å². The van der Waals surface area contributed by atoms with Crippen LogP contribution in [0.5, 0.6) is 0 Å². The van der Waals surface area contributed by atoms with E-state index >= 15 is 0 Å². The van der Waals surface area contributed by atoms with E-state index in [1.165, 1.54) is 22.3 Å². The van der Waals surface area contributed by atoms with Crippen LogP contribution < -0.4 is 0 Å². The van der Waals surface area contributed by atoms with Gasteiger partial charge in [0.05, 0.1) is 0 Å². The molecule has 0 bridgehead atoms. The van der Waals surface area contributed by atoms with Crippen LogP contribution >= 0.6 is 0 Å². The molecule has 0 spiro atoms. The first kappa shape index (κ1) is 17.7. The van der Waals surface area contributed by atoms with Crippen LogP contribution in [0.25, 0.3) is 0 Å². The normalized spacial score (nSPS) is 13.5. The molecule has 2 heteroatoms. The second-order valence-electron chi connectivity index (χ2n) is 7.27. The van der Waals surface area contributed by atoms with Crippen molar-refractivity contribution in [1.29, 1.82) is 0 Å². The molecule has 0 unspecified atom stereocenters. The minimum atomic E-state index is -0.438. The Bertz CT molecular complexity index is 910. The van der Waals surface area contributed by atoms with E-state index in [1.807, 2.05) is 12.1 Å². The Morgan fingerprint density at radius 3 is 2.11 bits per heavy atom. The summed E-state index contributed by atoms with van der Waals surface area (Å²) >= 11 is 0. The van der Waals surface area contributed by atoms with Gasteiger partial charge in [0, 0.05) is 11.5 Å². The van der Waals surface area contributed by atoms with Crippen molar-refractivity contribution in [3.63, 3.8) is 0 Å². The smallest absolute Gasteiger partial charge is 0.188 e. The Morgan fingerprint density at radius 1 is 0.852 bits per heavy atom. The van der Waals surface area contributed by atoms with Crippen LogP contribution in [0, 0.1) is 0 Å². The van der Waals surface area contributed by atoms with Gasteiger partial charge >= 0.3 is 0 Å². The van der Waals surface area contributed by atoms with Crippen LogP contribution in [-0.2, 0) is 19.3 Å². The first-order valence-corrected chi connectivity index (χ1v) is 9.65. The van der Waals surface area contributed by atoms with Crippen LogP contribution in [0.3, 0.4) is 0 Å². The number of hydrogen-bond donors (Lipinski definition) is 1. The number of fused-ring (bicyclic) bond motifs is 2. The summed E-state index contributed by atoms with van der Waals surface area (Å²) in [5.74, 6) is 0.152. The maximum atomic E-state index is 11.8. The van der Waals surface area contributed by atoms with Crippen molar-refractivity contribution in [2.45, 2.75) is 31.6 Å². The van der Waals surface area contributed by atoms with Gasteiger partial charge in [-0.15, -0.1) is 0 Å². The fourth-order valence-electron chi connectivity index (χ4n) is 4.25. The van der Waals surface area contributed by atoms with Crippen molar-refractivity contribution >= 4 is 5.78 Å². The van der Waals surface area contributed by atoms with Gasteiger partial charge in [-0.1, -0.05) is 66.7 Å². The zero-order valence-corrected chi connectivity index (χ0v) is 15.4. The van der Waals surface area contributed by atoms with Crippen LogP contribution in [0.1, 0.15) is 50.5 Å². The third-order valence-corrected chi connectivity index (χ3v) is 5.64. The van der Waals surface area contributed by atoms with E-state index in [2.05, 4.69) is 54.6 Å². The number of Topliss-reactive ketones (excluding diaryl/α,β-unsaturated/α-hetero) is 1. The lowest BCUT2D eigenvalue weighted by Gasteiger charge is -2.20. The molecular weight excluding hydrogens is 332 g/mol. The fourth-order valence-corrected chi connectivity index (χ4v) is 4.25. The molecule has 0 saturated heterocycles. The van der Waals surface area contributed by atoms with E-state index in [0.29, 0.717) is 11.5 Å². The summed E-state index contributed by atoms with van der Waals surface area (Å²) in [6.07, 6.45) is 4.08. The number of carbonyl (C=O) groups is 1. The lowest BCUT2D eigenvalue weighted by atomic mass is 9.84. The van der Waals surface area contributed by atoms with Crippen LogP contribution in [-0.4, -0.2) is 17.5 Å². The van der Waals surface area contributed by atoms with E-state index in [9.17, 15) is 4.79 Å². The van der Waals surface area contributed by atoms with E-state index in [4.69, 9.17) is 5.11 Å². The fraction of sp³-hybridized carbons (Fsp3) is 0.240. The van der Waals surface area contributed by atoms with Crippen molar-refractivity contribution < 1.29 is 9.90 Å². The SMILES string of the molecule is O=C(CO)c1cccc(CCC2c3ccccc3CCc3ccccc32)c1. The predicted molar refractivity (Wildman–Crippen MR) is 108 cm³/mol. The quantitative estimate of drug-likeness (QED) is 0.671. The summed E-state index contributed by atoms with van der Waals surface area (Å²) in [7, 11) is 0. The summed E-state index contributed by atoms with van der Waals surface area (Å²) in [4.78, 5) is 11.8. The molecule has 1 N–H and O–H groups in total. The molecule has 0 heterocycles. The predicted octanol–water partition coefficient (Wildman–Crippen LogP) is 4.72. The molecule has 4 rings (SSSR count). The Balaban J connectivity index is 1.65. The molecule has 1 aliphatic rings. The van der Waals surface area contributed by atoms with Gasteiger partial charge in [0.1, 0.15) is 6.61 Å². The number of carbonyl (C=O) groups excluding carboxylic acids is 1. The highest BCUT2D eigenvalue weighted by molar-refractivity contribution is 5.97. The van der Waals surface area contributed by atoms with Crippen molar-refractivity contribution in [3.8, 4) is 0 Å². The highest BCUT2D eigenvalue weighted by Crippen LogP contribution is 2.37. The second kappa shape index (κ2) is 7.89. The molecule has 27 heavy (non-hydrogen) atoms. The van der Waals surface area contributed by atoms with Gasteiger partial charge in [0.2, 0.25) is 0 Å². The third kappa shape index (κ3) is 3.72. The highest BCUT2D eigenvalue weighted by Gasteiger charge is 2.23. The summed E-state index contributed by atoms with van der Waals surface area (Å²) in [6, 6.07) is 25.3. The maximum absolute atomic E-state index is 11.8. The van der Waals surface area contributed by atoms with E-state index in [-0.39, 0.29) is 5.78 Å². The van der Waals surface area contributed by atoms with Gasteiger partial charge in [-0.2, -0.15) is 0 Å². The topological polar surface area (TPSA) is 37.3 Å². The van der Waals surface area contributed by atoms with Crippen LogP contribution in [0.2, 0.25) is 0 Å². The molecule has 0 amide bonds. The van der Waals surface area contributed by atoms with Crippen molar-refractivity contribution in [3.05, 3.63) is 106 Å². The molecule has 2 nitrogen and oxygen atoms in total. The number of aryl methyl sites for hydroxylation is 3. The molecule has 3 aromatic rings. The number of ketones is 1. The molecule has 0 aliphatic heterocycles. The monoisotopic (exact) mass is 356 g/mol. The third-order valence-electron chi connectivity index (χ3n) is 5.64. The lowest BCUT2D eigenvalue weighted by molar-refractivity contribution is 0.0903. The standard InChI is InChI=1S/C25H24O2/c26-17-25(27)21-9-5-6-18(16-21)12-15-24-22-10-3-1-7-19(22)13-14-20-8-2-4-11-23(20)24/h1-11,16,24,26H,12-15,17H2. The average molecular weight is 356 g/mol. The van der Waals surface area contributed by atoms with Gasteiger partial charge in [-0.25, -0.2) is 0 Å². The Hall–Kier alpha value is -2.71. The Morgan fingerprint density at radius 2 is 1.48 bits per heavy atom. The number of hydrogen-bond acceptors (Lipinski definition) is 2. The van der Waals surface area contributed by atoms with E-state index in [1.54, 1.807) is 6.07 Å². The van der Waals surface area contributed by atoms with Gasteiger partial charge in [0.15, 0.2) is 5.78 Å². The minimum absolute atomic E-state index is 0.220. The van der Waals surface area contributed by atoms with Gasteiger partial charge in [-0.05, 0) is 59.6 Å². The number of aliphatic hydroxyl groups excluding tert-OH is 1. The first-order chi connectivity index (χ1) is 13.3. The molecule has 0 radical (unpaired) electrons. The Labute approximate surface area is 160 Å². The summed E-state index contributed by atoms with van der Waals surface area (Å²) < 4.78 is 0. The van der Waals surface area contributed by atoms with E-state index < -0.39 is 6.61 Å². The molecule has 136 valence electrons. The largest absolute Gasteiger partial charge is 0.388 e. The van der Waals surface area contributed by atoms with Crippen LogP contribution in [0.4, 0.5) is 0 Å². The summed E-state index contributed by atoms with van der Waals surface area (Å²) in [5.41, 5.74) is 7.51. The molecule has 3 aromatic carbocycles. The first-order valence-electron chi connectivity index (χ1n) is 9.65. The lowest BCUT2D eigenvalue weighted by Crippen LogP contribution is -2.07. The van der Waals surface area contributed by atoms with Crippen LogP contribution in [0.15, 0.2) is 72.8 Å². The molecule has 0 fully saturated rings. The highest BCUT2D eigenvalue weighted by atomic mass is 16.3. The minimum Gasteiger partial charge on any atom is -0.388 e. The molecule has 0 atom stereocenters. The van der Waals surface area contributed by atoms with Gasteiger partial charge < -0.3 is 5.11 Å². The number of rotatable bonds is 5. The average Bonchev–Trinajstić information content (AvgIpc) is 2.89. The number of aliphatic hydroxyl groups is 1. The zero-order valence-electron chi connectivity index (χ0n) is 15.4. The zero-order chi connectivity index (χ0) is 18.6. The molecule has 0 saturated carbocycles. The second-order valence-corrected chi connectivity index (χ2v) is 7.27. The van der Waals surface area contributed by atoms with E-state index in [0.717, 1.165) is 31.2 Å². The maximum Gasteiger partial charge on any atom is 0.188 e. The number of benzene rings is 3. The molecular formula is C25H24O2. The van der Waals surface area contributed by atoms with Gasteiger partial charge in [-0.3, -0.25) is 4.79 Å². The summed E-state index contributed by atoms with van der Waals surface area (Å²) in [6.45, 7) is -0.438. The Kier molecular flexibility index (Phi) is 5.17. The van der Waals surface area contributed by atoms with Crippen molar-refractivity contribution in [2.24, 2.45) is 0 Å². The molecule has 0 aromatic heterocycles. The van der Waals surface area contributed by atoms with Crippen molar-refractivity contribution in [1.82, 2.24) is 0 Å². The van der Waals surface area contributed by atoms with Crippen molar-refractivity contribution in [2.75, 3.05) is 6.61 Å². The molecule has 1 aliphatic carbocycles. The summed E-state index contributed by atoms with van der Waals surface area (Å²) in [5, 5.41) is 9.11.